The average molecular weight is 165 g/mol. The number of hydrogen-bond donors (Lipinski definition) is 1. The lowest BCUT2D eigenvalue weighted by Gasteiger charge is -1.95. The van der Waals surface area contributed by atoms with Crippen LogP contribution in [0.15, 0.2) is 18.5 Å². The molecule has 1 rings (SSSR count). The molecule has 0 aliphatic heterocycles. The molecule has 64 valence electrons. The molecule has 0 aliphatic rings. The van der Waals surface area contributed by atoms with E-state index in [2.05, 4.69) is 9.97 Å². The van der Waals surface area contributed by atoms with Crippen LogP contribution in [0.3, 0.4) is 0 Å². The molecule has 1 heterocycles. The molecule has 0 aromatic carbocycles. The fraction of sp³-hybridized carbons (Fsp3) is 0.375. The molecular weight excluding hydrogens is 154 g/mol. The van der Waals surface area contributed by atoms with Gasteiger partial charge in [-0.3, -0.25) is 4.79 Å². The Morgan fingerprint density at radius 3 is 2.67 bits per heavy atom. The second-order valence-electron chi connectivity index (χ2n) is 2.48. The van der Waals surface area contributed by atoms with E-state index in [4.69, 9.17) is 5.73 Å². The van der Waals surface area contributed by atoms with E-state index in [9.17, 15) is 4.79 Å². The second-order valence-corrected chi connectivity index (χ2v) is 2.48. The number of primary amides is 1. The van der Waals surface area contributed by atoms with E-state index in [-0.39, 0.29) is 5.91 Å². The highest BCUT2D eigenvalue weighted by Crippen LogP contribution is 1.96. The van der Waals surface area contributed by atoms with Gasteiger partial charge in [-0.2, -0.15) is 0 Å². The van der Waals surface area contributed by atoms with Crippen molar-refractivity contribution >= 4 is 5.91 Å². The molecule has 0 bridgehead atoms. The van der Waals surface area contributed by atoms with Gasteiger partial charge in [0.25, 0.3) is 0 Å². The molecule has 2 N–H and O–H groups in total. The van der Waals surface area contributed by atoms with E-state index in [0.717, 1.165) is 12.2 Å². The van der Waals surface area contributed by atoms with Crippen LogP contribution in [-0.4, -0.2) is 15.9 Å². The molecule has 0 saturated carbocycles. The van der Waals surface area contributed by atoms with Crippen LogP contribution in [0.25, 0.3) is 0 Å². The van der Waals surface area contributed by atoms with Gasteiger partial charge in [0.15, 0.2) is 0 Å². The Kier molecular flexibility index (Phi) is 3.19. The average Bonchev–Trinajstić information content (AvgIpc) is 2.05. The standard InChI is InChI=1S/C8H11N3O/c9-7(12)3-1-4-8-10-5-2-6-11-8/h2,5-6H,1,3-4H2,(H2,9,12). The molecule has 0 saturated heterocycles. The summed E-state index contributed by atoms with van der Waals surface area (Å²) < 4.78 is 0. The predicted octanol–water partition coefficient (Wildman–Crippen LogP) is 0.285. The highest BCUT2D eigenvalue weighted by atomic mass is 16.1. The quantitative estimate of drug-likeness (QED) is 0.696. The highest BCUT2D eigenvalue weighted by molar-refractivity contribution is 5.73. The van der Waals surface area contributed by atoms with Crippen LogP contribution in [0, 0.1) is 0 Å². The van der Waals surface area contributed by atoms with Crippen LogP contribution < -0.4 is 5.73 Å². The normalized spacial score (nSPS) is 9.67. The predicted molar refractivity (Wildman–Crippen MR) is 44.2 cm³/mol. The van der Waals surface area contributed by atoms with Gasteiger partial charge in [0.2, 0.25) is 5.91 Å². The lowest BCUT2D eigenvalue weighted by molar-refractivity contribution is -0.118. The number of carbonyl (C=O) groups excluding carboxylic acids is 1. The number of aromatic nitrogens is 2. The van der Waals surface area contributed by atoms with E-state index < -0.39 is 0 Å². The maximum absolute atomic E-state index is 10.4. The number of nitrogens with zero attached hydrogens (tertiary/aromatic N) is 2. The fourth-order valence-electron chi connectivity index (χ4n) is 0.880. The van der Waals surface area contributed by atoms with Crippen molar-refractivity contribution in [2.24, 2.45) is 5.73 Å². The minimum atomic E-state index is -0.272. The van der Waals surface area contributed by atoms with Gasteiger partial charge >= 0.3 is 0 Å². The SMILES string of the molecule is NC(=O)CCCc1ncccn1. The van der Waals surface area contributed by atoms with Gasteiger partial charge < -0.3 is 5.73 Å². The van der Waals surface area contributed by atoms with Crippen molar-refractivity contribution in [3.05, 3.63) is 24.3 Å². The van der Waals surface area contributed by atoms with Gasteiger partial charge in [-0.1, -0.05) is 0 Å². The first-order chi connectivity index (χ1) is 5.79. The Hall–Kier alpha value is -1.45. The van der Waals surface area contributed by atoms with Gasteiger partial charge in [0, 0.05) is 25.2 Å². The third-order valence-electron chi connectivity index (χ3n) is 1.44. The molecule has 0 aliphatic carbocycles. The Labute approximate surface area is 70.8 Å². The first-order valence-electron chi connectivity index (χ1n) is 3.83. The van der Waals surface area contributed by atoms with E-state index >= 15 is 0 Å². The molecule has 12 heavy (non-hydrogen) atoms. The first-order valence-corrected chi connectivity index (χ1v) is 3.83. The van der Waals surface area contributed by atoms with Crippen molar-refractivity contribution in [2.45, 2.75) is 19.3 Å². The number of hydrogen-bond acceptors (Lipinski definition) is 3. The number of carbonyl (C=O) groups is 1. The summed E-state index contributed by atoms with van der Waals surface area (Å²) >= 11 is 0. The zero-order chi connectivity index (χ0) is 8.81. The minimum Gasteiger partial charge on any atom is -0.370 e. The molecule has 0 unspecified atom stereocenters. The molecule has 1 aromatic heterocycles. The van der Waals surface area contributed by atoms with Crippen molar-refractivity contribution in [1.29, 1.82) is 0 Å². The van der Waals surface area contributed by atoms with E-state index in [1.807, 2.05) is 0 Å². The number of aryl methyl sites for hydroxylation is 1. The van der Waals surface area contributed by atoms with Crippen molar-refractivity contribution in [1.82, 2.24) is 9.97 Å². The number of nitrogens with two attached hydrogens (primary N) is 1. The summed E-state index contributed by atoms with van der Waals surface area (Å²) in [6.07, 6.45) is 5.21. The van der Waals surface area contributed by atoms with Crippen molar-refractivity contribution in [3.8, 4) is 0 Å². The summed E-state index contributed by atoms with van der Waals surface area (Å²) in [7, 11) is 0. The summed E-state index contributed by atoms with van der Waals surface area (Å²) in [5, 5.41) is 0. The monoisotopic (exact) mass is 165 g/mol. The fourth-order valence-corrected chi connectivity index (χ4v) is 0.880. The zero-order valence-corrected chi connectivity index (χ0v) is 6.73. The van der Waals surface area contributed by atoms with E-state index in [1.165, 1.54) is 0 Å². The summed E-state index contributed by atoms with van der Waals surface area (Å²) in [6.45, 7) is 0. The van der Waals surface area contributed by atoms with Crippen LogP contribution >= 0.6 is 0 Å². The van der Waals surface area contributed by atoms with Gasteiger partial charge in [-0.15, -0.1) is 0 Å². The van der Waals surface area contributed by atoms with Gasteiger partial charge in [0.1, 0.15) is 5.82 Å². The van der Waals surface area contributed by atoms with Gasteiger partial charge in [0.05, 0.1) is 0 Å². The molecular formula is C8H11N3O. The van der Waals surface area contributed by atoms with E-state index in [0.29, 0.717) is 12.8 Å². The summed E-state index contributed by atoms with van der Waals surface area (Å²) in [4.78, 5) is 18.4. The first kappa shape index (κ1) is 8.64. The Balaban J connectivity index is 2.29. The summed E-state index contributed by atoms with van der Waals surface area (Å²) in [5.41, 5.74) is 4.98. The van der Waals surface area contributed by atoms with Crippen LogP contribution in [0.5, 0.6) is 0 Å². The number of amides is 1. The van der Waals surface area contributed by atoms with Gasteiger partial charge in [-0.05, 0) is 12.5 Å². The topological polar surface area (TPSA) is 68.9 Å². The molecule has 0 atom stereocenters. The minimum absolute atomic E-state index is 0.272. The second kappa shape index (κ2) is 4.43. The zero-order valence-electron chi connectivity index (χ0n) is 6.73. The molecule has 4 nitrogen and oxygen atoms in total. The Bertz CT molecular complexity index is 248. The molecule has 0 spiro atoms. The largest absolute Gasteiger partial charge is 0.370 e. The summed E-state index contributed by atoms with van der Waals surface area (Å²) in [6, 6.07) is 1.76. The Morgan fingerprint density at radius 2 is 2.08 bits per heavy atom. The lowest BCUT2D eigenvalue weighted by atomic mass is 10.2. The van der Waals surface area contributed by atoms with Crippen molar-refractivity contribution in [3.63, 3.8) is 0 Å². The van der Waals surface area contributed by atoms with E-state index in [1.54, 1.807) is 18.5 Å². The molecule has 0 fully saturated rings. The smallest absolute Gasteiger partial charge is 0.217 e. The molecule has 1 aromatic rings. The van der Waals surface area contributed by atoms with Crippen LogP contribution in [0.2, 0.25) is 0 Å². The lowest BCUT2D eigenvalue weighted by Crippen LogP contribution is -2.10. The maximum Gasteiger partial charge on any atom is 0.217 e. The number of rotatable bonds is 4. The van der Waals surface area contributed by atoms with Crippen LogP contribution in [0.1, 0.15) is 18.7 Å². The van der Waals surface area contributed by atoms with Gasteiger partial charge in [-0.25, -0.2) is 9.97 Å². The Morgan fingerprint density at radius 1 is 1.42 bits per heavy atom. The maximum atomic E-state index is 10.4. The summed E-state index contributed by atoms with van der Waals surface area (Å²) in [5.74, 6) is 0.490. The van der Waals surface area contributed by atoms with Crippen molar-refractivity contribution in [2.75, 3.05) is 0 Å². The third kappa shape index (κ3) is 3.09. The molecule has 1 amide bonds. The highest BCUT2D eigenvalue weighted by Gasteiger charge is 1.97. The molecule has 4 heteroatoms. The third-order valence-corrected chi connectivity index (χ3v) is 1.44. The van der Waals surface area contributed by atoms with Crippen LogP contribution in [0.4, 0.5) is 0 Å². The van der Waals surface area contributed by atoms with Crippen molar-refractivity contribution < 1.29 is 4.79 Å². The van der Waals surface area contributed by atoms with Crippen LogP contribution in [-0.2, 0) is 11.2 Å². The molecule has 0 radical (unpaired) electrons.